The van der Waals surface area contributed by atoms with Crippen LogP contribution in [0.25, 0.3) is 0 Å². The van der Waals surface area contributed by atoms with E-state index in [1.54, 1.807) is 11.8 Å². The number of amides is 2. The molecule has 1 saturated heterocycles. The van der Waals surface area contributed by atoms with Gasteiger partial charge in [0.25, 0.3) is 0 Å². The van der Waals surface area contributed by atoms with Gasteiger partial charge in [0.1, 0.15) is 11.5 Å². The molecule has 0 aromatic carbocycles. The topological polar surface area (TPSA) is 73.2 Å². The van der Waals surface area contributed by atoms with Crippen LogP contribution in [0.5, 0.6) is 0 Å². The molecule has 1 heterocycles. The Morgan fingerprint density at radius 1 is 1.62 bits per heavy atom. The van der Waals surface area contributed by atoms with Gasteiger partial charge in [0.15, 0.2) is 0 Å². The molecule has 1 N–H and O–H groups in total. The number of hydrogen-bond donors (Lipinski definition) is 1. The molecule has 0 bridgehead atoms. The van der Waals surface area contributed by atoms with Crippen LogP contribution in [0.3, 0.4) is 0 Å². The summed E-state index contributed by atoms with van der Waals surface area (Å²) in [6, 6.07) is 1.67. The minimum absolute atomic E-state index is 0.132. The Bertz CT molecular complexity index is 368. The Hall–Kier alpha value is -1.57. The normalized spacial score (nSPS) is 27.6. The summed E-state index contributed by atoms with van der Waals surface area (Å²) < 4.78 is 0. The average molecular weight is 221 g/mol. The molecule has 0 aromatic rings. The molecule has 2 aliphatic rings. The number of carbonyl (C=O) groups is 2. The molecule has 86 valence electrons. The van der Waals surface area contributed by atoms with Gasteiger partial charge in [-0.2, -0.15) is 5.26 Å². The zero-order valence-corrected chi connectivity index (χ0v) is 9.32. The largest absolute Gasteiger partial charge is 0.353 e. The van der Waals surface area contributed by atoms with Crippen LogP contribution in [-0.4, -0.2) is 35.8 Å². The van der Waals surface area contributed by atoms with Crippen LogP contribution in [0.1, 0.15) is 26.2 Å². The number of nitriles is 1. The van der Waals surface area contributed by atoms with Crippen molar-refractivity contribution in [3.63, 3.8) is 0 Å². The van der Waals surface area contributed by atoms with Gasteiger partial charge >= 0.3 is 0 Å². The molecule has 0 spiro atoms. The standard InChI is InChI=1S/C11H15N3O2/c1-8-9(15)13-5-6-14(8)10(16)11(7-12)3-2-4-11/h8H,2-6H2,1H3,(H,13,15). The number of carbonyl (C=O) groups excluding carboxylic acids is 2. The highest BCUT2D eigenvalue weighted by Crippen LogP contribution is 2.42. The third kappa shape index (κ3) is 1.45. The van der Waals surface area contributed by atoms with Gasteiger partial charge in [-0.05, 0) is 26.2 Å². The van der Waals surface area contributed by atoms with Crippen molar-refractivity contribution >= 4 is 11.8 Å². The molecule has 2 rings (SSSR count). The van der Waals surface area contributed by atoms with Crippen LogP contribution in [-0.2, 0) is 9.59 Å². The first-order valence-electron chi connectivity index (χ1n) is 5.61. The molecule has 0 aromatic heterocycles. The van der Waals surface area contributed by atoms with Crippen LogP contribution in [0.2, 0.25) is 0 Å². The second-order valence-electron chi connectivity index (χ2n) is 4.51. The van der Waals surface area contributed by atoms with E-state index in [1.165, 1.54) is 0 Å². The first kappa shape index (κ1) is 10.9. The van der Waals surface area contributed by atoms with Gasteiger partial charge in [0, 0.05) is 13.1 Å². The monoisotopic (exact) mass is 221 g/mol. The quantitative estimate of drug-likeness (QED) is 0.678. The van der Waals surface area contributed by atoms with Crippen LogP contribution < -0.4 is 5.32 Å². The minimum Gasteiger partial charge on any atom is -0.353 e. The van der Waals surface area contributed by atoms with Gasteiger partial charge in [-0.1, -0.05) is 0 Å². The lowest BCUT2D eigenvalue weighted by Crippen LogP contribution is -2.60. The van der Waals surface area contributed by atoms with Crippen LogP contribution in [0.4, 0.5) is 0 Å². The molecule has 1 aliphatic carbocycles. The second-order valence-corrected chi connectivity index (χ2v) is 4.51. The predicted molar refractivity (Wildman–Crippen MR) is 56.1 cm³/mol. The molecule has 1 saturated carbocycles. The molecule has 1 atom stereocenters. The number of nitrogens with one attached hydrogen (secondary N) is 1. The second kappa shape index (κ2) is 3.78. The Morgan fingerprint density at radius 2 is 2.31 bits per heavy atom. The fraction of sp³-hybridized carbons (Fsp3) is 0.727. The van der Waals surface area contributed by atoms with Crippen molar-refractivity contribution < 1.29 is 9.59 Å². The summed E-state index contributed by atoms with van der Waals surface area (Å²) in [7, 11) is 0. The van der Waals surface area contributed by atoms with Crippen LogP contribution in [0.15, 0.2) is 0 Å². The van der Waals surface area contributed by atoms with Crippen molar-refractivity contribution in [3.05, 3.63) is 0 Å². The Kier molecular flexibility index (Phi) is 2.58. The average Bonchev–Trinajstić information content (AvgIpc) is 2.21. The summed E-state index contributed by atoms with van der Waals surface area (Å²) in [4.78, 5) is 25.2. The summed E-state index contributed by atoms with van der Waals surface area (Å²) >= 11 is 0. The zero-order chi connectivity index (χ0) is 11.8. The highest BCUT2D eigenvalue weighted by atomic mass is 16.2. The van der Waals surface area contributed by atoms with Crippen molar-refractivity contribution in [3.8, 4) is 6.07 Å². The molecule has 5 nitrogen and oxygen atoms in total. The molecule has 1 unspecified atom stereocenters. The van der Waals surface area contributed by atoms with Crippen molar-refractivity contribution in [1.82, 2.24) is 10.2 Å². The van der Waals surface area contributed by atoms with Gasteiger partial charge in [0.2, 0.25) is 11.8 Å². The van der Waals surface area contributed by atoms with Gasteiger partial charge in [0.05, 0.1) is 6.07 Å². The maximum atomic E-state index is 12.2. The van der Waals surface area contributed by atoms with Crippen molar-refractivity contribution in [2.24, 2.45) is 5.41 Å². The zero-order valence-electron chi connectivity index (χ0n) is 9.32. The lowest BCUT2D eigenvalue weighted by Gasteiger charge is -2.41. The Balaban J connectivity index is 2.15. The maximum absolute atomic E-state index is 12.2. The molecule has 2 fully saturated rings. The molecule has 0 radical (unpaired) electrons. The highest BCUT2D eigenvalue weighted by Gasteiger charge is 2.48. The predicted octanol–water partition coefficient (Wildman–Crippen LogP) is 0.0272. The maximum Gasteiger partial charge on any atom is 0.243 e. The molecule has 1 aliphatic heterocycles. The Labute approximate surface area is 94.4 Å². The van der Waals surface area contributed by atoms with E-state index in [0.29, 0.717) is 25.9 Å². The van der Waals surface area contributed by atoms with E-state index in [2.05, 4.69) is 11.4 Å². The summed E-state index contributed by atoms with van der Waals surface area (Å²) in [6.45, 7) is 2.70. The van der Waals surface area contributed by atoms with Gasteiger partial charge in [-0.25, -0.2) is 0 Å². The SMILES string of the molecule is CC1C(=O)NCCN1C(=O)C1(C#N)CCC1. The fourth-order valence-electron chi connectivity index (χ4n) is 2.24. The lowest BCUT2D eigenvalue weighted by molar-refractivity contribution is -0.151. The van der Waals surface area contributed by atoms with E-state index in [9.17, 15) is 9.59 Å². The summed E-state index contributed by atoms with van der Waals surface area (Å²) in [5, 5.41) is 11.8. The van der Waals surface area contributed by atoms with E-state index < -0.39 is 11.5 Å². The molecular weight excluding hydrogens is 206 g/mol. The lowest BCUT2D eigenvalue weighted by atomic mass is 9.68. The smallest absolute Gasteiger partial charge is 0.243 e. The van der Waals surface area contributed by atoms with E-state index in [4.69, 9.17) is 5.26 Å². The minimum atomic E-state index is -0.841. The van der Waals surface area contributed by atoms with Crippen LogP contribution in [0, 0.1) is 16.7 Å². The summed E-state index contributed by atoms with van der Waals surface area (Å²) in [6.07, 6.45) is 2.19. The fourth-order valence-corrected chi connectivity index (χ4v) is 2.24. The van der Waals surface area contributed by atoms with E-state index in [0.717, 1.165) is 6.42 Å². The molecule has 5 heteroatoms. The third-order valence-corrected chi connectivity index (χ3v) is 3.59. The number of piperazine rings is 1. The summed E-state index contributed by atoms with van der Waals surface area (Å²) in [5.41, 5.74) is -0.841. The third-order valence-electron chi connectivity index (χ3n) is 3.59. The van der Waals surface area contributed by atoms with Gasteiger partial charge in [-0.15, -0.1) is 0 Å². The van der Waals surface area contributed by atoms with Crippen molar-refractivity contribution in [1.29, 1.82) is 5.26 Å². The molecule has 16 heavy (non-hydrogen) atoms. The number of hydrogen-bond acceptors (Lipinski definition) is 3. The first-order valence-corrected chi connectivity index (χ1v) is 5.61. The van der Waals surface area contributed by atoms with Gasteiger partial charge in [-0.3, -0.25) is 9.59 Å². The van der Waals surface area contributed by atoms with E-state index in [1.807, 2.05) is 0 Å². The number of nitrogens with zero attached hydrogens (tertiary/aromatic N) is 2. The Morgan fingerprint density at radius 3 is 2.81 bits per heavy atom. The van der Waals surface area contributed by atoms with E-state index >= 15 is 0 Å². The van der Waals surface area contributed by atoms with Gasteiger partial charge < -0.3 is 10.2 Å². The summed E-state index contributed by atoms with van der Waals surface area (Å²) in [5.74, 6) is -0.296. The molecular formula is C11H15N3O2. The van der Waals surface area contributed by atoms with Crippen molar-refractivity contribution in [2.45, 2.75) is 32.2 Å². The molecule has 2 amide bonds. The van der Waals surface area contributed by atoms with E-state index in [-0.39, 0.29) is 11.8 Å². The van der Waals surface area contributed by atoms with Crippen LogP contribution >= 0.6 is 0 Å². The number of rotatable bonds is 1. The first-order chi connectivity index (χ1) is 7.60. The highest BCUT2D eigenvalue weighted by molar-refractivity contribution is 5.92. The van der Waals surface area contributed by atoms with Crippen molar-refractivity contribution in [2.75, 3.05) is 13.1 Å².